The van der Waals surface area contributed by atoms with Gasteiger partial charge in [-0.05, 0) is 25.2 Å². The molecule has 3 N–H and O–H groups in total. The van der Waals surface area contributed by atoms with Crippen LogP contribution >= 0.6 is 12.4 Å². The molecule has 0 heterocycles. The van der Waals surface area contributed by atoms with Crippen molar-refractivity contribution in [3.05, 3.63) is 0 Å². The maximum Gasteiger partial charge on any atom is 0.242 e. The third-order valence-electron chi connectivity index (χ3n) is 2.88. The summed E-state index contributed by atoms with van der Waals surface area (Å²) in [6.45, 7) is 5.09. The number of nitrogens with zero attached hydrogens (tertiary/aromatic N) is 1. The summed E-state index contributed by atoms with van der Waals surface area (Å²) in [5.41, 5.74) is 5.17. The molecule has 1 aliphatic carbocycles. The molecule has 1 saturated carbocycles. The smallest absolute Gasteiger partial charge is 0.242 e. The van der Waals surface area contributed by atoms with Gasteiger partial charge in [0.25, 0.3) is 0 Å². The molecule has 1 aliphatic rings. The molecular weight excluding hydrogens is 254 g/mol. The lowest BCUT2D eigenvalue weighted by molar-refractivity contribution is -0.133. The van der Waals surface area contributed by atoms with Crippen LogP contribution in [0.15, 0.2) is 0 Å². The quantitative estimate of drug-likeness (QED) is 0.712. The second-order valence-corrected chi connectivity index (χ2v) is 4.98. The summed E-state index contributed by atoms with van der Waals surface area (Å²) < 4.78 is 0. The summed E-state index contributed by atoms with van der Waals surface area (Å²) in [4.78, 5) is 24.8. The van der Waals surface area contributed by atoms with Crippen molar-refractivity contribution in [3.8, 4) is 0 Å². The molecule has 0 aromatic heterocycles. The van der Waals surface area contributed by atoms with E-state index in [1.54, 1.807) is 0 Å². The van der Waals surface area contributed by atoms with Crippen molar-refractivity contribution in [1.82, 2.24) is 10.2 Å². The van der Waals surface area contributed by atoms with Crippen molar-refractivity contribution in [2.45, 2.75) is 39.2 Å². The molecule has 18 heavy (non-hydrogen) atoms. The molecule has 0 atom stereocenters. The van der Waals surface area contributed by atoms with Gasteiger partial charge in [0.1, 0.15) is 0 Å². The largest absolute Gasteiger partial charge is 0.346 e. The van der Waals surface area contributed by atoms with Gasteiger partial charge in [-0.3, -0.25) is 9.59 Å². The molecule has 0 unspecified atom stereocenters. The number of hydrogen-bond acceptors (Lipinski definition) is 3. The van der Waals surface area contributed by atoms with Gasteiger partial charge in [0, 0.05) is 12.6 Å². The van der Waals surface area contributed by atoms with Gasteiger partial charge in [0.05, 0.1) is 13.1 Å². The summed E-state index contributed by atoms with van der Waals surface area (Å²) in [6.07, 6.45) is 3.19. The monoisotopic (exact) mass is 277 g/mol. The van der Waals surface area contributed by atoms with Crippen molar-refractivity contribution < 1.29 is 9.59 Å². The first kappa shape index (κ1) is 17.2. The summed E-state index contributed by atoms with van der Waals surface area (Å²) in [7, 11) is 0. The molecule has 0 spiro atoms. The predicted molar refractivity (Wildman–Crippen MR) is 73.5 cm³/mol. The molecule has 0 aromatic rings. The average Bonchev–Trinajstić information content (AvgIpc) is 3.09. The molecule has 2 amide bonds. The fraction of sp³-hybridized carbons (Fsp3) is 0.833. The van der Waals surface area contributed by atoms with Crippen molar-refractivity contribution >= 4 is 24.2 Å². The Labute approximate surface area is 115 Å². The van der Waals surface area contributed by atoms with E-state index in [1.807, 2.05) is 4.90 Å². The van der Waals surface area contributed by atoms with Crippen molar-refractivity contribution in [3.63, 3.8) is 0 Å². The summed E-state index contributed by atoms with van der Waals surface area (Å²) in [5, 5.41) is 2.53. The number of halogens is 1. The van der Waals surface area contributed by atoms with E-state index in [0.29, 0.717) is 12.0 Å². The first-order valence-corrected chi connectivity index (χ1v) is 6.30. The van der Waals surface area contributed by atoms with E-state index in [4.69, 9.17) is 5.73 Å². The van der Waals surface area contributed by atoms with Gasteiger partial charge in [-0.2, -0.15) is 0 Å². The molecule has 0 aromatic carbocycles. The standard InChI is InChI=1S/C12H23N3O2.ClH/c1-9(2)5-6-15(10-3-4-10)12(17)8-14-11(16)7-13;/h9-10H,3-8,13H2,1-2H3,(H,14,16);1H. The zero-order valence-electron chi connectivity index (χ0n) is 11.1. The van der Waals surface area contributed by atoms with E-state index in [9.17, 15) is 9.59 Å². The predicted octanol–water partition coefficient (Wildman–Crippen LogP) is 0.520. The Morgan fingerprint density at radius 1 is 1.39 bits per heavy atom. The van der Waals surface area contributed by atoms with Crippen molar-refractivity contribution in [2.75, 3.05) is 19.6 Å². The van der Waals surface area contributed by atoms with E-state index >= 15 is 0 Å². The van der Waals surface area contributed by atoms with Crippen LogP contribution in [0.4, 0.5) is 0 Å². The highest BCUT2D eigenvalue weighted by molar-refractivity contribution is 5.86. The van der Waals surface area contributed by atoms with Crippen LogP contribution in [0, 0.1) is 5.92 Å². The number of rotatable bonds is 7. The average molecular weight is 278 g/mol. The van der Waals surface area contributed by atoms with Gasteiger partial charge in [-0.15, -0.1) is 12.4 Å². The van der Waals surface area contributed by atoms with Crippen LogP contribution in [0.1, 0.15) is 33.1 Å². The Bertz CT molecular complexity index is 280. The Morgan fingerprint density at radius 3 is 2.44 bits per heavy atom. The molecule has 0 radical (unpaired) electrons. The van der Waals surface area contributed by atoms with E-state index in [2.05, 4.69) is 19.2 Å². The Morgan fingerprint density at radius 2 is 2.00 bits per heavy atom. The highest BCUT2D eigenvalue weighted by Gasteiger charge is 2.32. The molecule has 6 heteroatoms. The molecule has 1 fully saturated rings. The molecule has 5 nitrogen and oxygen atoms in total. The van der Waals surface area contributed by atoms with Crippen LogP contribution < -0.4 is 11.1 Å². The molecule has 0 bridgehead atoms. The summed E-state index contributed by atoms with van der Waals surface area (Å²) in [5.74, 6) is 0.315. The normalized spacial score (nSPS) is 14.0. The third kappa shape index (κ3) is 6.21. The van der Waals surface area contributed by atoms with E-state index in [1.165, 1.54) is 0 Å². The number of amides is 2. The third-order valence-corrected chi connectivity index (χ3v) is 2.88. The van der Waals surface area contributed by atoms with Gasteiger partial charge in [-0.1, -0.05) is 13.8 Å². The highest BCUT2D eigenvalue weighted by Crippen LogP contribution is 2.27. The Kier molecular flexibility index (Phi) is 7.95. The first-order valence-electron chi connectivity index (χ1n) is 6.30. The van der Waals surface area contributed by atoms with Crippen LogP contribution in [0.3, 0.4) is 0 Å². The van der Waals surface area contributed by atoms with Crippen LogP contribution in [0.25, 0.3) is 0 Å². The number of hydrogen-bond donors (Lipinski definition) is 2. The molecule has 1 rings (SSSR count). The molecule has 0 saturated heterocycles. The minimum absolute atomic E-state index is 0. The maximum absolute atomic E-state index is 11.9. The summed E-state index contributed by atoms with van der Waals surface area (Å²) in [6, 6.07) is 0.399. The van der Waals surface area contributed by atoms with Gasteiger partial charge < -0.3 is 16.0 Å². The van der Waals surface area contributed by atoms with Gasteiger partial charge in [0.15, 0.2) is 0 Å². The van der Waals surface area contributed by atoms with Gasteiger partial charge in [-0.25, -0.2) is 0 Å². The van der Waals surface area contributed by atoms with Crippen molar-refractivity contribution in [1.29, 1.82) is 0 Å². The zero-order chi connectivity index (χ0) is 12.8. The van der Waals surface area contributed by atoms with E-state index < -0.39 is 0 Å². The highest BCUT2D eigenvalue weighted by atomic mass is 35.5. The van der Waals surface area contributed by atoms with Crippen LogP contribution in [-0.2, 0) is 9.59 Å². The van der Waals surface area contributed by atoms with Crippen molar-refractivity contribution in [2.24, 2.45) is 11.7 Å². The SMILES string of the molecule is CC(C)CCN(C(=O)CNC(=O)CN)C1CC1.Cl. The maximum atomic E-state index is 11.9. The zero-order valence-corrected chi connectivity index (χ0v) is 12.0. The Balaban J connectivity index is 0.00000289. The second-order valence-electron chi connectivity index (χ2n) is 4.98. The number of nitrogens with two attached hydrogens (primary N) is 1. The second kappa shape index (κ2) is 8.32. The van der Waals surface area contributed by atoms with Gasteiger partial charge >= 0.3 is 0 Å². The van der Waals surface area contributed by atoms with Gasteiger partial charge in [0.2, 0.25) is 11.8 Å². The van der Waals surface area contributed by atoms with E-state index in [0.717, 1.165) is 25.8 Å². The lowest BCUT2D eigenvalue weighted by atomic mass is 10.1. The van der Waals surface area contributed by atoms with Crippen LogP contribution in [0.2, 0.25) is 0 Å². The summed E-state index contributed by atoms with van der Waals surface area (Å²) >= 11 is 0. The molecule has 0 aliphatic heterocycles. The number of carbonyl (C=O) groups is 2. The number of carbonyl (C=O) groups excluding carboxylic acids is 2. The van der Waals surface area contributed by atoms with Crippen LogP contribution in [0.5, 0.6) is 0 Å². The lowest BCUT2D eigenvalue weighted by Gasteiger charge is -2.23. The molecule has 106 valence electrons. The number of nitrogens with one attached hydrogen (secondary N) is 1. The fourth-order valence-corrected chi connectivity index (χ4v) is 1.64. The first-order chi connectivity index (χ1) is 8.04. The Hall–Kier alpha value is -0.810. The minimum atomic E-state index is -0.280. The van der Waals surface area contributed by atoms with E-state index in [-0.39, 0.29) is 37.3 Å². The fourth-order valence-electron chi connectivity index (χ4n) is 1.64. The lowest BCUT2D eigenvalue weighted by Crippen LogP contribution is -2.43. The minimum Gasteiger partial charge on any atom is -0.346 e. The molecular formula is C12H24ClN3O2. The van der Waals surface area contributed by atoms with Crippen LogP contribution in [-0.4, -0.2) is 42.4 Å². The topological polar surface area (TPSA) is 75.4 Å².